The zero-order valence-electron chi connectivity index (χ0n) is 16.4. The fraction of sp³-hybridized carbons (Fsp3) is 0.450. The Labute approximate surface area is 166 Å². The molecule has 152 valence electrons. The smallest absolute Gasteiger partial charge is 0.306 e. The highest BCUT2D eigenvalue weighted by Gasteiger charge is 2.34. The molecule has 1 saturated carbocycles. The van der Waals surface area contributed by atoms with E-state index in [4.69, 9.17) is 8.60 Å². The van der Waals surface area contributed by atoms with Crippen molar-refractivity contribution in [2.75, 3.05) is 24.2 Å². The number of nitrogens with zero attached hydrogens (tertiary/aromatic N) is 2. The molecule has 0 atom stereocenters. The summed E-state index contributed by atoms with van der Waals surface area (Å²) in [4.78, 5) is 16.6. The van der Waals surface area contributed by atoms with Crippen molar-refractivity contribution in [3.05, 3.63) is 47.9 Å². The fourth-order valence-corrected chi connectivity index (χ4v) is 3.66. The first-order valence-corrected chi connectivity index (χ1v) is 11.3. The number of carbonyl (C=O) groups is 1. The number of amides is 1. The first-order valence-electron chi connectivity index (χ1n) is 9.44. The summed E-state index contributed by atoms with van der Waals surface area (Å²) < 4.78 is 34.1. The van der Waals surface area contributed by atoms with E-state index < -0.39 is 10.1 Å². The summed E-state index contributed by atoms with van der Waals surface area (Å²) in [5.74, 6) is 0.327. The normalized spacial score (nSPS) is 14.0. The second kappa shape index (κ2) is 8.26. The molecule has 1 heterocycles. The van der Waals surface area contributed by atoms with Gasteiger partial charge < -0.3 is 18.4 Å². The third-order valence-corrected chi connectivity index (χ3v) is 5.22. The number of anilines is 1. The number of hydrogen-bond donors (Lipinski definition) is 0. The SMILES string of the molecule is CCN(CC)c1ccc(CN(C(=O)c2ccco2)C2CC2)c(OS(C)(=O)=O)c1. The van der Waals surface area contributed by atoms with E-state index in [2.05, 4.69) is 4.90 Å². The lowest BCUT2D eigenvalue weighted by Gasteiger charge is -2.25. The molecule has 28 heavy (non-hydrogen) atoms. The third kappa shape index (κ3) is 4.86. The van der Waals surface area contributed by atoms with Crippen LogP contribution in [0.1, 0.15) is 42.8 Å². The highest BCUT2D eigenvalue weighted by atomic mass is 32.2. The van der Waals surface area contributed by atoms with Crippen LogP contribution in [0.15, 0.2) is 41.0 Å². The van der Waals surface area contributed by atoms with Crippen LogP contribution in [-0.4, -0.2) is 44.6 Å². The Balaban J connectivity index is 1.93. The first kappa shape index (κ1) is 20.3. The van der Waals surface area contributed by atoms with E-state index in [0.717, 1.165) is 37.9 Å². The standard InChI is InChI=1S/C20H26N2O5S/c1-4-21(5-2)17-9-8-15(19(13-17)27-28(3,24)25)14-22(16-10-11-16)20(23)18-7-6-12-26-18/h6-9,12-13,16H,4-5,10-11,14H2,1-3H3. The van der Waals surface area contributed by atoms with Crippen LogP contribution >= 0.6 is 0 Å². The van der Waals surface area contributed by atoms with Crippen LogP contribution in [0.2, 0.25) is 0 Å². The van der Waals surface area contributed by atoms with E-state index >= 15 is 0 Å². The quantitative estimate of drug-likeness (QED) is 0.595. The monoisotopic (exact) mass is 406 g/mol. The van der Waals surface area contributed by atoms with E-state index in [9.17, 15) is 13.2 Å². The van der Waals surface area contributed by atoms with Gasteiger partial charge in [0, 0.05) is 36.4 Å². The molecule has 7 nitrogen and oxygen atoms in total. The second-order valence-electron chi connectivity index (χ2n) is 6.89. The average molecular weight is 407 g/mol. The lowest BCUT2D eigenvalue weighted by molar-refractivity contribution is 0.0697. The van der Waals surface area contributed by atoms with Crippen LogP contribution in [0.5, 0.6) is 5.75 Å². The molecule has 0 N–H and O–H groups in total. The van der Waals surface area contributed by atoms with Crippen molar-refractivity contribution in [1.29, 1.82) is 0 Å². The molecular weight excluding hydrogens is 380 g/mol. The minimum atomic E-state index is -3.70. The molecule has 1 aliphatic rings. The van der Waals surface area contributed by atoms with E-state index in [1.807, 2.05) is 26.0 Å². The van der Waals surface area contributed by atoms with Gasteiger partial charge in [0.1, 0.15) is 5.75 Å². The van der Waals surface area contributed by atoms with Crippen molar-refractivity contribution in [1.82, 2.24) is 4.90 Å². The molecule has 1 aliphatic carbocycles. The third-order valence-electron chi connectivity index (χ3n) is 4.74. The molecule has 1 aromatic carbocycles. The molecule has 1 aromatic heterocycles. The van der Waals surface area contributed by atoms with Gasteiger partial charge in [-0.25, -0.2) is 0 Å². The highest BCUT2D eigenvalue weighted by molar-refractivity contribution is 7.86. The van der Waals surface area contributed by atoms with Gasteiger partial charge in [-0.05, 0) is 44.9 Å². The minimum absolute atomic E-state index is 0.131. The molecular formula is C20H26N2O5S. The Hall–Kier alpha value is -2.48. The van der Waals surface area contributed by atoms with E-state index in [0.29, 0.717) is 5.56 Å². The number of furan rings is 1. The largest absolute Gasteiger partial charge is 0.459 e. The Morgan fingerprint density at radius 2 is 1.93 bits per heavy atom. The Morgan fingerprint density at radius 1 is 1.21 bits per heavy atom. The fourth-order valence-electron chi connectivity index (χ4n) is 3.18. The summed E-state index contributed by atoms with van der Waals surface area (Å²) in [6.07, 6.45) is 4.33. The Morgan fingerprint density at radius 3 is 2.46 bits per heavy atom. The second-order valence-corrected chi connectivity index (χ2v) is 8.47. The maximum absolute atomic E-state index is 12.8. The Kier molecular flexibility index (Phi) is 5.98. The molecule has 2 aromatic rings. The van der Waals surface area contributed by atoms with Gasteiger partial charge >= 0.3 is 10.1 Å². The molecule has 0 unspecified atom stereocenters. The van der Waals surface area contributed by atoms with Gasteiger partial charge in [0.15, 0.2) is 5.76 Å². The number of carbonyl (C=O) groups excluding carboxylic acids is 1. The predicted molar refractivity (Wildman–Crippen MR) is 107 cm³/mol. The summed E-state index contributed by atoms with van der Waals surface area (Å²) in [6, 6.07) is 8.93. The highest BCUT2D eigenvalue weighted by Crippen LogP contribution is 2.33. The number of benzene rings is 1. The summed E-state index contributed by atoms with van der Waals surface area (Å²) >= 11 is 0. The van der Waals surface area contributed by atoms with Gasteiger partial charge in [-0.2, -0.15) is 8.42 Å². The van der Waals surface area contributed by atoms with Crippen molar-refractivity contribution in [3.8, 4) is 5.75 Å². The maximum Gasteiger partial charge on any atom is 0.306 e. The summed E-state index contributed by atoms with van der Waals surface area (Å²) in [5.41, 5.74) is 1.52. The molecule has 1 fully saturated rings. The van der Waals surface area contributed by atoms with Crippen LogP contribution < -0.4 is 9.08 Å². The lowest BCUT2D eigenvalue weighted by atomic mass is 10.1. The lowest BCUT2D eigenvalue weighted by Crippen LogP contribution is -2.32. The van der Waals surface area contributed by atoms with Crippen molar-refractivity contribution in [3.63, 3.8) is 0 Å². The van der Waals surface area contributed by atoms with Crippen molar-refractivity contribution in [2.24, 2.45) is 0 Å². The maximum atomic E-state index is 12.8. The van der Waals surface area contributed by atoms with Gasteiger partial charge in [-0.15, -0.1) is 0 Å². The minimum Gasteiger partial charge on any atom is -0.459 e. The molecule has 0 radical (unpaired) electrons. The van der Waals surface area contributed by atoms with Crippen molar-refractivity contribution in [2.45, 2.75) is 39.3 Å². The van der Waals surface area contributed by atoms with E-state index in [1.54, 1.807) is 23.1 Å². The Bertz CT molecular complexity index is 916. The topological polar surface area (TPSA) is 80.1 Å². The molecule has 0 saturated heterocycles. The van der Waals surface area contributed by atoms with E-state index in [-0.39, 0.29) is 30.0 Å². The van der Waals surface area contributed by atoms with Crippen LogP contribution in [0.25, 0.3) is 0 Å². The molecule has 0 bridgehead atoms. The molecule has 1 amide bonds. The van der Waals surface area contributed by atoms with Gasteiger partial charge in [0.25, 0.3) is 5.91 Å². The molecule has 8 heteroatoms. The summed E-state index contributed by atoms with van der Waals surface area (Å²) in [6.45, 7) is 5.91. The van der Waals surface area contributed by atoms with Crippen LogP contribution in [-0.2, 0) is 16.7 Å². The van der Waals surface area contributed by atoms with E-state index in [1.165, 1.54) is 6.26 Å². The number of rotatable bonds is 9. The zero-order valence-corrected chi connectivity index (χ0v) is 17.2. The van der Waals surface area contributed by atoms with Crippen LogP contribution in [0, 0.1) is 0 Å². The van der Waals surface area contributed by atoms with Crippen molar-refractivity contribution >= 4 is 21.7 Å². The van der Waals surface area contributed by atoms with Gasteiger partial charge in [0.2, 0.25) is 0 Å². The zero-order chi connectivity index (χ0) is 20.3. The van der Waals surface area contributed by atoms with Crippen LogP contribution in [0.4, 0.5) is 5.69 Å². The predicted octanol–water partition coefficient (Wildman–Crippen LogP) is 3.27. The average Bonchev–Trinajstić information content (AvgIpc) is 3.33. The first-order chi connectivity index (χ1) is 13.3. The van der Waals surface area contributed by atoms with Crippen LogP contribution in [0.3, 0.4) is 0 Å². The molecule has 0 spiro atoms. The van der Waals surface area contributed by atoms with Gasteiger partial charge in [-0.3, -0.25) is 4.79 Å². The molecule has 3 rings (SSSR count). The number of hydrogen-bond acceptors (Lipinski definition) is 6. The summed E-state index contributed by atoms with van der Waals surface area (Å²) in [5, 5.41) is 0. The van der Waals surface area contributed by atoms with Gasteiger partial charge in [0.05, 0.1) is 19.1 Å². The van der Waals surface area contributed by atoms with Gasteiger partial charge in [-0.1, -0.05) is 6.07 Å². The van der Waals surface area contributed by atoms with Crippen molar-refractivity contribution < 1.29 is 21.8 Å². The molecule has 0 aliphatic heterocycles. The summed E-state index contributed by atoms with van der Waals surface area (Å²) in [7, 11) is -3.70.